The summed E-state index contributed by atoms with van der Waals surface area (Å²) in [6.45, 7) is 4.71. The molecule has 4 nitrogen and oxygen atoms in total. The molecule has 0 bridgehead atoms. The molecule has 1 rings (SSSR count). The largest absolute Gasteiger partial charge is 0.492 e. The van der Waals surface area contributed by atoms with Gasteiger partial charge >= 0.3 is 0 Å². The molecule has 0 saturated heterocycles. The van der Waals surface area contributed by atoms with Gasteiger partial charge in [-0.3, -0.25) is 4.79 Å². The minimum absolute atomic E-state index is 0. The second-order valence-corrected chi connectivity index (χ2v) is 5.63. The minimum Gasteiger partial charge on any atom is -0.492 e. The van der Waals surface area contributed by atoms with Gasteiger partial charge in [-0.15, -0.1) is 12.4 Å². The third kappa shape index (κ3) is 6.55. The summed E-state index contributed by atoms with van der Waals surface area (Å²) in [4.78, 5) is 13.8. The Hall–Kier alpha value is -0.970. The zero-order valence-electron chi connectivity index (χ0n) is 12.8. The van der Waals surface area contributed by atoms with E-state index >= 15 is 0 Å². The fourth-order valence-corrected chi connectivity index (χ4v) is 2.12. The van der Waals surface area contributed by atoms with Crippen molar-refractivity contribution in [3.63, 3.8) is 0 Å². The Bertz CT molecular complexity index is 436. The topological polar surface area (TPSA) is 55.6 Å². The predicted octanol–water partition coefficient (Wildman–Crippen LogP) is 3.12. The molecule has 0 saturated carbocycles. The number of nitrogens with two attached hydrogens (primary N) is 1. The zero-order valence-corrected chi connectivity index (χ0v) is 14.3. The Balaban J connectivity index is 0.00000400. The van der Waals surface area contributed by atoms with E-state index in [0.717, 1.165) is 12.2 Å². The van der Waals surface area contributed by atoms with Gasteiger partial charge in [0.25, 0.3) is 0 Å². The maximum atomic E-state index is 12.2. The number of halogens is 2. The quantitative estimate of drug-likeness (QED) is 0.833. The van der Waals surface area contributed by atoms with Crippen molar-refractivity contribution in [1.29, 1.82) is 0 Å². The van der Waals surface area contributed by atoms with Crippen LogP contribution < -0.4 is 10.5 Å². The molecule has 1 amide bonds. The monoisotopic (exact) mass is 334 g/mol. The van der Waals surface area contributed by atoms with Gasteiger partial charge in [-0.1, -0.05) is 24.9 Å². The van der Waals surface area contributed by atoms with Gasteiger partial charge in [0.05, 0.1) is 12.1 Å². The second kappa shape index (κ2) is 9.13. The Kier molecular flexibility index (Phi) is 8.71. The normalized spacial score (nSPS) is 13.0. The summed E-state index contributed by atoms with van der Waals surface area (Å²) in [6, 6.07) is 7.14. The molecule has 120 valence electrons. The van der Waals surface area contributed by atoms with Crippen molar-refractivity contribution < 1.29 is 9.53 Å². The summed E-state index contributed by atoms with van der Waals surface area (Å²) in [5, 5.41) is 0.670. The molecule has 0 radical (unpaired) electrons. The van der Waals surface area contributed by atoms with E-state index < -0.39 is 5.54 Å². The molecular weight excluding hydrogens is 311 g/mol. The van der Waals surface area contributed by atoms with Crippen LogP contribution in [-0.4, -0.2) is 36.5 Å². The lowest BCUT2D eigenvalue weighted by Gasteiger charge is -2.28. The summed E-state index contributed by atoms with van der Waals surface area (Å²) < 4.78 is 5.56. The average Bonchev–Trinajstić information content (AvgIpc) is 2.40. The van der Waals surface area contributed by atoms with Gasteiger partial charge in [-0.25, -0.2) is 0 Å². The van der Waals surface area contributed by atoms with Crippen LogP contribution in [0.25, 0.3) is 0 Å². The van der Waals surface area contributed by atoms with Gasteiger partial charge in [0, 0.05) is 12.1 Å². The molecule has 0 spiro atoms. The lowest BCUT2D eigenvalue weighted by Crippen LogP contribution is -2.52. The Morgan fingerprint density at radius 2 is 1.95 bits per heavy atom. The number of carbonyl (C=O) groups excluding carboxylic acids is 1. The first kappa shape index (κ1) is 20.0. The van der Waals surface area contributed by atoms with E-state index in [1.165, 1.54) is 0 Å². The number of hydrogen-bond acceptors (Lipinski definition) is 3. The molecule has 1 aromatic rings. The summed E-state index contributed by atoms with van der Waals surface area (Å²) in [7, 11) is 1.74. The first-order chi connectivity index (χ1) is 9.36. The van der Waals surface area contributed by atoms with Crippen molar-refractivity contribution in [2.75, 3.05) is 20.2 Å². The van der Waals surface area contributed by atoms with E-state index in [9.17, 15) is 4.79 Å². The van der Waals surface area contributed by atoms with E-state index in [4.69, 9.17) is 22.1 Å². The van der Waals surface area contributed by atoms with Crippen LogP contribution in [0.3, 0.4) is 0 Å². The second-order valence-electron chi connectivity index (χ2n) is 5.20. The van der Waals surface area contributed by atoms with E-state index in [1.54, 1.807) is 43.1 Å². The smallest absolute Gasteiger partial charge is 0.242 e. The lowest BCUT2D eigenvalue weighted by molar-refractivity contribution is -0.135. The predicted molar refractivity (Wildman–Crippen MR) is 89.3 cm³/mol. The van der Waals surface area contributed by atoms with Crippen molar-refractivity contribution in [2.24, 2.45) is 5.73 Å². The molecule has 6 heteroatoms. The van der Waals surface area contributed by atoms with E-state index in [1.807, 2.05) is 6.92 Å². The zero-order chi connectivity index (χ0) is 15.2. The van der Waals surface area contributed by atoms with Crippen LogP contribution in [0.15, 0.2) is 24.3 Å². The van der Waals surface area contributed by atoms with Gasteiger partial charge in [0.2, 0.25) is 5.91 Å². The van der Waals surface area contributed by atoms with Crippen molar-refractivity contribution in [1.82, 2.24) is 4.90 Å². The number of benzene rings is 1. The van der Waals surface area contributed by atoms with Crippen LogP contribution in [0.2, 0.25) is 5.02 Å². The highest BCUT2D eigenvalue weighted by Crippen LogP contribution is 2.16. The standard InChI is InChI=1S/C15H23ClN2O2.ClH/c1-4-9-15(2,17)14(19)18(3)10-11-20-13-7-5-12(16)6-8-13;/h5-8H,4,9-11,17H2,1-3H3;1H. The Labute approximate surface area is 138 Å². The number of ether oxygens (including phenoxy) is 1. The summed E-state index contributed by atoms with van der Waals surface area (Å²) >= 11 is 5.80. The molecule has 0 aromatic heterocycles. The van der Waals surface area contributed by atoms with Crippen LogP contribution in [0.1, 0.15) is 26.7 Å². The average molecular weight is 335 g/mol. The van der Waals surface area contributed by atoms with E-state index in [2.05, 4.69) is 0 Å². The van der Waals surface area contributed by atoms with Gasteiger partial charge in [0.1, 0.15) is 12.4 Å². The van der Waals surface area contributed by atoms with Crippen LogP contribution in [0, 0.1) is 0 Å². The van der Waals surface area contributed by atoms with E-state index in [0.29, 0.717) is 24.6 Å². The highest BCUT2D eigenvalue weighted by molar-refractivity contribution is 6.30. The molecule has 0 heterocycles. The lowest BCUT2D eigenvalue weighted by atomic mass is 9.96. The Morgan fingerprint density at radius 1 is 1.38 bits per heavy atom. The van der Waals surface area contributed by atoms with Gasteiger partial charge in [-0.05, 0) is 37.6 Å². The molecule has 2 N–H and O–H groups in total. The summed E-state index contributed by atoms with van der Waals surface area (Å²) in [5.41, 5.74) is 5.22. The van der Waals surface area contributed by atoms with Crippen molar-refractivity contribution in [3.05, 3.63) is 29.3 Å². The number of rotatable bonds is 7. The number of hydrogen-bond donors (Lipinski definition) is 1. The molecule has 1 unspecified atom stereocenters. The third-order valence-corrected chi connectivity index (χ3v) is 3.37. The van der Waals surface area contributed by atoms with Crippen LogP contribution >= 0.6 is 24.0 Å². The minimum atomic E-state index is -0.802. The first-order valence-electron chi connectivity index (χ1n) is 6.79. The number of likely N-dealkylation sites (N-methyl/N-ethyl adjacent to an activating group) is 1. The van der Waals surface area contributed by atoms with Gasteiger partial charge < -0.3 is 15.4 Å². The van der Waals surface area contributed by atoms with Gasteiger partial charge in [-0.2, -0.15) is 0 Å². The van der Waals surface area contributed by atoms with Crippen molar-refractivity contribution in [2.45, 2.75) is 32.2 Å². The molecule has 0 aliphatic heterocycles. The first-order valence-corrected chi connectivity index (χ1v) is 7.17. The van der Waals surface area contributed by atoms with Crippen LogP contribution in [0.4, 0.5) is 0 Å². The molecule has 1 aromatic carbocycles. The van der Waals surface area contributed by atoms with Crippen molar-refractivity contribution >= 4 is 29.9 Å². The summed E-state index contributed by atoms with van der Waals surface area (Å²) in [5.74, 6) is 0.679. The maximum absolute atomic E-state index is 12.2. The summed E-state index contributed by atoms with van der Waals surface area (Å²) in [6.07, 6.45) is 1.56. The third-order valence-electron chi connectivity index (χ3n) is 3.11. The van der Waals surface area contributed by atoms with Crippen molar-refractivity contribution in [3.8, 4) is 5.75 Å². The molecular formula is C15H24Cl2N2O2. The Morgan fingerprint density at radius 3 is 2.48 bits per heavy atom. The number of amides is 1. The molecule has 21 heavy (non-hydrogen) atoms. The highest BCUT2D eigenvalue weighted by Gasteiger charge is 2.29. The molecule has 0 aliphatic rings. The highest BCUT2D eigenvalue weighted by atomic mass is 35.5. The van der Waals surface area contributed by atoms with Gasteiger partial charge in [0.15, 0.2) is 0 Å². The van der Waals surface area contributed by atoms with Crippen LogP contribution in [0.5, 0.6) is 5.75 Å². The molecule has 1 atom stereocenters. The van der Waals surface area contributed by atoms with E-state index in [-0.39, 0.29) is 18.3 Å². The SMILES string of the molecule is CCCC(C)(N)C(=O)N(C)CCOc1ccc(Cl)cc1.Cl. The number of nitrogens with zero attached hydrogens (tertiary/aromatic N) is 1. The fourth-order valence-electron chi connectivity index (χ4n) is 2.00. The fraction of sp³-hybridized carbons (Fsp3) is 0.533. The van der Waals surface area contributed by atoms with Crippen LogP contribution in [-0.2, 0) is 4.79 Å². The number of carbonyl (C=O) groups is 1. The molecule has 0 fully saturated rings. The maximum Gasteiger partial charge on any atom is 0.242 e. The molecule has 0 aliphatic carbocycles.